The van der Waals surface area contributed by atoms with E-state index in [1.807, 2.05) is 0 Å². The van der Waals surface area contributed by atoms with E-state index in [2.05, 4.69) is 15.9 Å². The second-order valence-corrected chi connectivity index (χ2v) is 6.72. The third-order valence-corrected chi connectivity index (χ3v) is 4.40. The highest BCUT2D eigenvalue weighted by Crippen LogP contribution is 2.21. The summed E-state index contributed by atoms with van der Waals surface area (Å²) in [4.78, 5) is 25.2. The zero-order valence-electron chi connectivity index (χ0n) is 13.0. The van der Waals surface area contributed by atoms with Gasteiger partial charge in [0.05, 0.1) is 17.1 Å². The number of hydrogen-bond donors (Lipinski definition) is 1. The molecule has 126 valence electrons. The molecule has 2 rings (SSSR count). The predicted octanol–water partition coefficient (Wildman–Crippen LogP) is 2.47. The van der Waals surface area contributed by atoms with Gasteiger partial charge >= 0.3 is 5.97 Å². The summed E-state index contributed by atoms with van der Waals surface area (Å²) >= 11 is 3.13. The lowest BCUT2D eigenvalue weighted by Gasteiger charge is -2.36. The Morgan fingerprint density at radius 3 is 2.78 bits per heavy atom. The van der Waals surface area contributed by atoms with Crippen LogP contribution < -0.4 is 0 Å². The van der Waals surface area contributed by atoms with Crippen LogP contribution in [-0.4, -0.2) is 47.2 Å². The van der Waals surface area contributed by atoms with Crippen LogP contribution in [0.2, 0.25) is 0 Å². The highest BCUT2D eigenvalue weighted by molar-refractivity contribution is 9.10. The van der Waals surface area contributed by atoms with Crippen molar-refractivity contribution in [2.45, 2.75) is 32.5 Å². The number of amides is 1. The molecule has 1 aromatic carbocycles. The zero-order valence-corrected chi connectivity index (χ0v) is 14.5. The lowest BCUT2D eigenvalue weighted by atomic mass is 9.99. The molecule has 1 fully saturated rings. The van der Waals surface area contributed by atoms with Crippen LogP contribution in [0, 0.1) is 11.7 Å². The molecule has 0 aliphatic carbocycles. The number of aliphatic carboxylic acids is 1. The minimum Gasteiger partial charge on any atom is -0.479 e. The fourth-order valence-corrected chi connectivity index (χ4v) is 3.11. The van der Waals surface area contributed by atoms with Gasteiger partial charge < -0.3 is 14.7 Å². The summed E-state index contributed by atoms with van der Waals surface area (Å²) < 4.78 is 18.9. The number of rotatable bonds is 4. The first-order valence-corrected chi connectivity index (χ1v) is 8.18. The van der Waals surface area contributed by atoms with Gasteiger partial charge in [-0.25, -0.2) is 9.18 Å². The Morgan fingerprint density at radius 1 is 1.48 bits per heavy atom. The van der Waals surface area contributed by atoms with Crippen LogP contribution in [0.25, 0.3) is 0 Å². The molecule has 0 radical (unpaired) electrons. The molecule has 3 atom stereocenters. The van der Waals surface area contributed by atoms with Crippen LogP contribution in [0.15, 0.2) is 22.7 Å². The largest absolute Gasteiger partial charge is 0.479 e. The molecule has 0 spiro atoms. The number of benzene rings is 1. The van der Waals surface area contributed by atoms with E-state index in [-0.39, 0.29) is 30.3 Å². The number of carboxylic acid groups (broad SMARTS) is 1. The van der Waals surface area contributed by atoms with Crippen LogP contribution >= 0.6 is 15.9 Å². The van der Waals surface area contributed by atoms with Crippen molar-refractivity contribution in [3.8, 4) is 0 Å². The molecule has 1 aliphatic rings. The van der Waals surface area contributed by atoms with Crippen LogP contribution in [0.4, 0.5) is 4.39 Å². The van der Waals surface area contributed by atoms with E-state index in [4.69, 9.17) is 9.84 Å². The predicted molar refractivity (Wildman–Crippen MR) is 85.5 cm³/mol. The molecule has 1 N–H and O–H groups in total. The number of ether oxygens (including phenoxy) is 1. The minimum atomic E-state index is -1.07. The maximum Gasteiger partial charge on any atom is 0.334 e. The molecule has 0 bridgehead atoms. The maximum absolute atomic E-state index is 13.3. The molecule has 0 saturated carbocycles. The van der Waals surface area contributed by atoms with Crippen molar-refractivity contribution in [3.05, 3.63) is 34.1 Å². The average molecular weight is 388 g/mol. The molecule has 1 amide bonds. The average Bonchev–Trinajstić information content (AvgIpc) is 2.49. The Labute approximate surface area is 142 Å². The van der Waals surface area contributed by atoms with Crippen LogP contribution in [0.3, 0.4) is 0 Å². The first kappa shape index (κ1) is 17.9. The van der Waals surface area contributed by atoms with Gasteiger partial charge in [-0.3, -0.25) is 4.79 Å². The number of carbonyl (C=O) groups excluding carboxylic acids is 1. The van der Waals surface area contributed by atoms with Gasteiger partial charge in [-0.05, 0) is 47.0 Å². The number of hydrogen-bond acceptors (Lipinski definition) is 3. The Kier molecular flexibility index (Phi) is 5.75. The van der Waals surface area contributed by atoms with Crippen molar-refractivity contribution >= 4 is 27.8 Å². The fraction of sp³-hybridized carbons (Fsp3) is 0.500. The van der Waals surface area contributed by atoms with Crippen molar-refractivity contribution in [2.75, 3.05) is 13.1 Å². The highest BCUT2D eigenvalue weighted by atomic mass is 79.9. The molecule has 0 aromatic heterocycles. The van der Waals surface area contributed by atoms with Crippen molar-refractivity contribution < 1.29 is 23.8 Å². The molecule has 1 saturated heterocycles. The quantitative estimate of drug-likeness (QED) is 0.861. The Hall–Kier alpha value is -1.47. The lowest BCUT2D eigenvalue weighted by Crippen LogP contribution is -2.53. The molecular formula is C16H19BrFNO4. The van der Waals surface area contributed by atoms with Gasteiger partial charge in [-0.2, -0.15) is 0 Å². The van der Waals surface area contributed by atoms with E-state index in [0.29, 0.717) is 17.4 Å². The van der Waals surface area contributed by atoms with Gasteiger partial charge in [0.2, 0.25) is 5.91 Å². The maximum atomic E-state index is 13.3. The van der Waals surface area contributed by atoms with Crippen LogP contribution in [-0.2, 0) is 20.7 Å². The van der Waals surface area contributed by atoms with Gasteiger partial charge in [0, 0.05) is 12.5 Å². The summed E-state index contributed by atoms with van der Waals surface area (Å²) in [6.07, 6.45) is -0.850. The minimum absolute atomic E-state index is 0.0515. The number of nitrogens with zero attached hydrogens (tertiary/aromatic N) is 1. The van der Waals surface area contributed by atoms with E-state index in [1.54, 1.807) is 26.0 Å². The van der Waals surface area contributed by atoms with E-state index < -0.39 is 12.1 Å². The van der Waals surface area contributed by atoms with Crippen molar-refractivity contribution in [1.29, 1.82) is 0 Å². The van der Waals surface area contributed by atoms with E-state index in [9.17, 15) is 14.0 Å². The van der Waals surface area contributed by atoms with E-state index in [1.165, 1.54) is 11.0 Å². The summed E-state index contributed by atoms with van der Waals surface area (Å²) in [6, 6.07) is 4.65. The summed E-state index contributed by atoms with van der Waals surface area (Å²) in [5.74, 6) is -1.86. The zero-order chi connectivity index (χ0) is 17.1. The molecule has 2 unspecified atom stereocenters. The highest BCUT2D eigenvalue weighted by Gasteiger charge is 2.34. The molecule has 1 aliphatic heterocycles. The molecular weight excluding hydrogens is 369 g/mol. The van der Waals surface area contributed by atoms with Gasteiger partial charge in [0.25, 0.3) is 0 Å². The molecule has 7 heteroatoms. The second kappa shape index (κ2) is 7.40. The van der Waals surface area contributed by atoms with Crippen molar-refractivity contribution in [1.82, 2.24) is 4.90 Å². The van der Waals surface area contributed by atoms with Crippen LogP contribution in [0.1, 0.15) is 19.4 Å². The first-order valence-electron chi connectivity index (χ1n) is 7.39. The Balaban J connectivity index is 2.03. The van der Waals surface area contributed by atoms with Gasteiger partial charge in [-0.15, -0.1) is 0 Å². The van der Waals surface area contributed by atoms with E-state index in [0.717, 1.165) is 5.56 Å². The van der Waals surface area contributed by atoms with Crippen molar-refractivity contribution in [2.24, 2.45) is 5.92 Å². The van der Waals surface area contributed by atoms with E-state index >= 15 is 0 Å². The molecule has 23 heavy (non-hydrogen) atoms. The Morgan fingerprint density at radius 2 is 2.17 bits per heavy atom. The standard InChI is InChI=1S/C16H19BrFNO4/c1-9(5-11-3-4-13(18)12(17)6-11)15(20)19-7-10(2)23-14(8-19)16(21)22/h3-4,6,9-10,14H,5,7-8H2,1-2H3,(H,21,22)/t9?,10-,14?/m1/s1. The summed E-state index contributed by atoms with van der Waals surface area (Å²) in [6.45, 7) is 3.96. The third-order valence-electron chi connectivity index (χ3n) is 3.79. The monoisotopic (exact) mass is 387 g/mol. The Bertz CT molecular complexity index is 610. The topological polar surface area (TPSA) is 66.8 Å². The second-order valence-electron chi connectivity index (χ2n) is 5.87. The summed E-state index contributed by atoms with van der Waals surface area (Å²) in [5.41, 5.74) is 0.843. The smallest absolute Gasteiger partial charge is 0.334 e. The summed E-state index contributed by atoms with van der Waals surface area (Å²) in [5, 5.41) is 9.08. The number of carbonyl (C=O) groups is 2. The number of morpholine rings is 1. The number of carboxylic acids is 1. The number of halogens is 2. The third kappa shape index (κ3) is 4.51. The van der Waals surface area contributed by atoms with Gasteiger partial charge in [0.1, 0.15) is 5.82 Å². The normalized spacial score (nSPS) is 22.7. The molecule has 1 heterocycles. The van der Waals surface area contributed by atoms with Gasteiger partial charge in [-0.1, -0.05) is 13.0 Å². The van der Waals surface area contributed by atoms with Gasteiger partial charge in [0.15, 0.2) is 6.10 Å². The lowest BCUT2D eigenvalue weighted by molar-refractivity contribution is -0.167. The van der Waals surface area contributed by atoms with Crippen molar-refractivity contribution in [3.63, 3.8) is 0 Å². The first-order chi connectivity index (χ1) is 10.8. The molecule has 1 aromatic rings. The summed E-state index contributed by atoms with van der Waals surface area (Å²) in [7, 11) is 0. The fourth-order valence-electron chi connectivity index (χ4n) is 2.69. The molecule has 5 nitrogen and oxygen atoms in total. The SMILES string of the molecule is CC(Cc1ccc(F)c(Br)c1)C(=O)N1CC(C(=O)O)O[C@H](C)C1. The van der Waals surface area contributed by atoms with Crippen LogP contribution in [0.5, 0.6) is 0 Å².